The van der Waals surface area contributed by atoms with Crippen LogP contribution in [0.4, 0.5) is 5.82 Å². The molecule has 12 heteroatoms. The number of methoxy groups -OCH3 is 1. The van der Waals surface area contributed by atoms with Gasteiger partial charge >= 0.3 is 5.97 Å². The molecule has 4 heterocycles. The van der Waals surface area contributed by atoms with E-state index < -0.39 is 10.0 Å². The van der Waals surface area contributed by atoms with E-state index in [2.05, 4.69) is 36.1 Å². The number of esters is 1. The van der Waals surface area contributed by atoms with Crippen LogP contribution in [0.3, 0.4) is 0 Å². The third-order valence-electron chi connectivity index (χ3n) is 6.92. The molecule has 1 aliphatic heterocycles. The first-order chi connectivity index (χ1) is 18.8. The van der Waals surface area contributed by atoms with Gasteiger partial charge in [-0.3, -0.25) is 9.78 Å². The number of carbonyl (C=O) groups excluding carboxylic acids is 1. The van der Waals surface area contributed by atoms with Crippen LogP contribution in [-0.4, -0.2) is 58.5 Å². The summed E-state index contributed by atoms with van der Waals surface area (Å²) in [5.74, 6) is 0.634. The number of pyridine rings is 1. The Morgan fingerprint density at radius 2 is 1.90 bits per heavy atom. The fourth-order valence-corrected chi connectivity index (χ4v) is 6.52. The molecule has 1 N–H and O–H groups in total. The number of sulfonamides is 1. The third kappa shape index (κ3) is 6.13. The summed E-state index contributed by atoms with van der Waals surface area (Å²) in [6.07, 6.45) is 7.36. The number of fused-ring (bicyclic) bond motifs is 1. The van der Waals surface area contributed by atoms with Crippen LogP contribution >= 0.6 is 15.9 Å². The summed E-state index contributed by atoms with van der Waals surface area (Å²) in [6, 6.07) is 12.6. The highest BCUT2D eigenvalue weighted by Gasteiger charge is 2.31. The molecule has 1 aliphatic rings. The van der Waals surface area contributed by atoms with Crippen molar-refractivity contribution in [3.8, 4) is 0 Å². The zero-order valence-electron chi connectivity index (χ0n) is 21.5. The Bertz CT molecular complexity index is 1550. The van der Waals surface area contributed by atoms with E-state index in [1.54, 1.807) is 45.5 Å². The fourth-order valence-electron chi connectivity index (χ4n) is 4.70. The number of hydrogen-bond acceptors (Lipinski definition) is 8. The average molecular weight is 614 g/mol. The SMILES string of the molecule is COC(=O)CCc1ccc(S(=O)(=O)N2CCC(c3cc(NCc4cccnc4)n4ncc(Br)c4n3)CC2)cc1. The molecule has 10 nitrogen and oxygen atoms in total. The first-order valence-electron chi connectivity index (χ1n) is 12.7. The highest BCUT2D eigenvalue weighted by molar-refractivity contribution is 9.10. The molecule has 204 valence electrons. The van der Waals surface area contributed by atoms with Gasteiger partial charge in [0.1, 0.15) is 5.82 Å². The lowest BCUT2D eigenvalue weighted by atomic mass is 9.94. The van der Waals surface area contributed by atoms with Crippen LogP contribution in [0.25, 0.3) is 5.65 Å². The number of aryl methyl sites for hydroxylation is 1. The highest BCUT2D eigenvalue weighted by Crippen LogP contribution is 2.32. The van der Waals surface area contributed by atoms with Crippen molar-refractivity contribution in [2.45, 2.75) is 43.0 Å². The van der Waals surface area contributed by atoms with E-state index >= 15 is 0 Å². The molecule has 0 bridgehead atoms. The van der Waals surface area contributed by atoms with Crippen LogP contribution in [0.2, 0.25) is 0 Å². The van der Waals surface area contributed by atoms with Crippen LogP contribution < -0.4 is 5.32 Å². The Balaban J connectivity index is 1.27. The van der Waals surface area contributed by atoms with Crippen LogP contribution in [0, 0.1) is 0 Å². The highest BCUT2D eigenvalue weighted by atomic mass is 79.9. The monoisotopic (exact) mass is 612 g/mol. The average Bonchev–Trinajstić information content (AvgIpc) is 3.36. The number of piperidine rings is 1. The van der Waals surface area contributed by atoms with Crippen LogP contribution in [0.15, 0.2) is 70.4 Å². The Morgan fingerprint density at radius 3 is 2.59 bits per heavy atom. The zero-order valence-corrected chi connectivity index (χ0v) is 23.9. The van der Waals surface area contributed by atoms with E-state index in [9.17, 15) is 13.2 Å². The van der Waals surface area contributed by atoms with Gasteiger partial charge in [-0.15, -0.1) is 0 Å². The lowest BCUT2D eigenvalue weighted by molar-refractivity contribution is -0.140. The standard InChI is InChI=1S/C27H29BrN6O4S/c1-38-26(35)9-6-19-4-7-22(8-5-19)39(36,37)33-13-10-21(11-14-33)24-15-25(30-17-20-3-2-12-29-16-20)34-27(32-24)23(28)18-31-34/h2-5,7-8,12,15-16,18,21,30H,6,9-11,13-14,17H2,1H3. The number of anilines is 1. The number of hydrogen-bond donors (Lipinski definition) is 1. The molecule has 5 rings (SSSR count). The number of nitrogens with one attached hydrogen (secondary N) is 1. The van der Waals surface area contributed by atoms with E-state index in [4.69, 9.17) is 4.98 Å². The third-order valence-corrected chi connectivity index (χ3v) is 9.40. The molecule has 0 amide bonds. The minimum absolute atomic E-state index is 0.114. The van der Waals surface area contributed by atoms with Crippen molar-refractivity contribution in [1.29, 1.82) is 0 Å². The van der Waals surface area contributed by atoms with Crippen molar-refractivity contribution in [3.05, 3.63) is 82.3 Å². The topological polar surface area (TPSA) is 119 Å². The first-order valence-corrected chi connectivity index (χ1v) is 14.9. The minimum atomic E-state index is -3.62. The Hall–Kier alpha value is -3.35. The van der Waals surface area contributed by atoms with Gasteiger partial charge in [0, 0.05) is 56.1 Å². The Labute approximate surface area is 235 Å². The van der Waals surface area contributed by atoms with Crippen molar-refractivity contribution < 1.29 is 17.9 Å². The fraction of sp³-hybridized carbons (Fsp3) is 0.333. The molecular weight excluding hydrogens is 584 g/mol. The number of rotatable bonds is 9. The number of carbonyl (C=O) groups is 1. The van der Waals surface area contributed by atoms with Crippen molar-refractivity contribution >= 4 is 43.4 Å². The number of benzene rings is 1. The van der Waals surface area contributed by atoms with Gasteiger partial charge in [-0.05, 0) is 64.5 Å². The molecule has 3 aromatic heterocycles. The Morgan fingerprint density at radius 1 is 1.13 bits per heavy atom. The number of halogens is 1. The van der Waals surface area contributed by atoms with Gasteiger partial charge in [-0.1, -0.05) is 18.2 Å². The van der Waals surface area contributed by atoms with Crippen LogP contribution in [0.1, 0.15) is 42.0 Å². The summed E-state index contributed by atoms with van der Waals surface area (Å²) in [5.41, 5.74) is 3.55. The molecule has 1 saturated heterocycles. The number of nitrogens with zero attached hydrogens (tertiary/aromatic N) is 5. The van der Waals surface area contributed by atoms with Gasteiger partial charge in [0.15, 0.2) is 5.65 Å². The second-order valence-electron chi connectivity index (χ2n) is 9.41. The van der Waals surface area contributed by atoms with Crippen molar-refractivity contribution in [1.82, 2.24) is 23.9 Å². The second kappa shape index (κ2) is 11.8. The molecule has 1 aromatic carbocycles. The summed E-state index contributed by atoms with van der Waals surface area (Å²) in [5, 5.41) is 7.89. The predicted molar refractivity (Wildman–Crippen MR) is 150 cm³/mol. The van der Waals surface area contributed by atoms with Crippen molar-refractivity contribution in [2.75, 3.05) is 25.5 Å². The van der Waals surface area contributed by atoms with E-state index in [0.717, 1.165) is 27.1 Å². The largest absolute Gasteiger partial charge is 0.469 e. The molecule has 0 aliphatic carbocycles. The smallest absolute Gasteiger partial charge is 0.305 e. The van der Waals surface area contributed by atoms with Gasteiger partial charge in [0.25, 0.3) is 0 Å². The molecule has 1 fully saturated rings. The predicted octanol–water partition coefficient (Wildman–Crippen LogP) is 4.17. The summed E-state index contributed by atoms with van der Waals surface area (Å²) < 4.78 is 35.4. The number of aromatic nitrogens is 4. The molecule has 39 heavy (non-hydrogen) atoms. The molecule has 0 radical (unpaired) electrons. The second-order valence-corrected chi connectivity index (χ2v) is 12.2. The summed E-state index contributed by atoms with van der Waals surface area (Å²) in [4.78, 5) is 20.7. The van der Waals surface area contributed by atoms with Crippen LogP contribution in [-0.2, 0) is 32.5 Å². The van der Waals surface area contributed by atoms with E-state index in [0.29, 0.717) is 44.5 Å². The van der Waals surface area contributed by atoms with Gasteiger partial charge in [0.05, 0.1) is 22.7 Å². The van der Waals surface area contributed by atoms with Gasteiger partial charge in [0.2, 0.25) is 10.0 Å². The lowest BCUT2D eigenvalue weighted by Gasteiger charge is -2.31. The summed E-state index contributed by atoms with van der Waals surface area (Å²) >= 11 is 3.55. The molecule has 0 saturated carbocycles. The van der Waals surface area contributed by atoms with Crippen LogP contribution in [0.5, 0.6) is 0 Å². The Kier molecular flexibility index (Phi) is 8.24. The normalized spacial score (nSPS) is 14.9. The minimum Gasteiger partial charge on any atom is -0.469 e. The van der Waals surface area contributed by atoms with Crippen molar-refractivity contribution in [2.24, 2.45) is 0 Å². The van der Waals surface area contributed by atoms with Crippen molar-refractivity contribution in [3.63, 3.8) is 0 Å². The lowest BCUT2D eigenvalue weighted by Crippen LogP contribution is -2.38. The number of ether oxygens (including phenoxy) is 1. The van der Waals surface area contributed by atoms with Gasteiger partial charge < -0.3 is 10.1 Å². The maximum absolute atomic E-state index is 13.3. The quantitative estimate of drug-likeness (QED) is 0.280. The van der Waals surface area contributed by atoms with E-state index in [1.807, 2.05) is 24.4 Å². The maximum Gasteiger partial charge on any atom is 0.305 e. The summed E-state index contributed by atoms with van der Waals surface area (Å²) in [6.45, 7) is 1.40. The molecular formula is C27H29BrN6O4S. The van der Waals surface area contributed by atoms with Gasteiger partial charge in [-0.2, -0.15) is 13.9 Å². The van der Waals surface area contributed by atoms with E-state index in [1.165, 1.54) is 7.11 Å². The molecule has 0 unspecified atom stereocenters. The van der Waals surface area contributed by atoms with E-state index in [-0.39, 0.29) is 23.2 Å². The maximum atomic E-state index is 13.3. The first kappa shape index (κ1) is 27.2. The molecule has 0 atom stereocenters. The van der Waals surface area contributed by atoms with Gasteiger partial charge in [-0.25, -0.2) is 13.4 Å². The zero-order chi connectivity index (χ0) is 27.4. The molecule has 4 aromatic rings. The molecule has 0 spiro atoms. The summed E-state index contributed by atoms with van der Waals surface area (Å²) in [7, 11) is -2.27.